The van der Waals surface area contributed by atoms with Gasteiger partial charge in [-0.2, -0.15) is 0 Å². The molecule has 1 fully saturated rings. The van der Waals surface area contributed by atoms with E-state index in [2.05, 4.69) is 5.32 Å². The maximum Gasteiger partial charge on any atom is 0.243 e. The van der Waals surface area contributed by atoms with Crippen molar-refractivity contribution in [3.63, 3.8) is 0 Å². The van der Waals surface area contributed by atoms with Gasteiger partial charge in [0, 0.05) is 39.0 Å². The maximum absolute atomic E-state index is 13.9. The van der Waals surface area contributed by atoms with Crippen LogP contribution in [0.3, 0.4) is 0 Å². The average Bonchev–Trinajstić information content (AvgIpc) is 3.00. The van der Waals surface area contributed by atoms with Crippen LogP contribution in [-0.4, -0.2) is 55.1 Å². The molecule has 1 aliphatic carbocycles. The fourth-order valence-corrected chi connectivity index (χ4v) is 6.83. The molecule has 0 spiro atoms. The number of aryl methyl sites for hydroxylation is 1. The number of carbonyl (C=O) groups excluding carboxylic acids is 2. The Morgan fingerprint density at radius 2 is 1.52 bits per heavy atom. The van der Waals surface area contributed by atoms with E-state index in [4.69, 9.17) is 0 Å². The normalized spacial score (nSPS) is 14.8. The summed E-state index contributed by atoms with van der Waals surface area (Å²) in [7, 11) is -2.12. The predicted octanol–water partition coefficient (Wildman–Crippen LogP) is 5.48. The molecule has 224 valence electrons. The van der Waals surface area contributed by atoms with Gasteiger partial charge in [0.1, 0.15) is 6.04 Å². The highest BCUT2D eigenvalue weighted by atomic mass is 32.2. The van der Waals surface area contributed by atoms with Crippen molar-refractivity contribution in [1.29, 1.82) is 0 Å². The molecule has 2 amide bonds. The molecule has 42 heavy (non-hydrogen) atoms. The summed E-state index contributed by atoms with van der Waals surface area (Å²) in [6, 6.07) is 25.5. The summed E-state index contributed by atoms with van der Waals surface area (Å²) < 4.78 is 27.3. The van der Waals surface area contributed by atoms with Crippen LogP contribution in [0.2, 0.25) is 0 Å². The number of nitrogens with zero attached hydrogens (tertiary/aromatic N) is 2. The Morgan fingerprint density at radius 1 is 0.881 bits per heavy atom. The number of rotatable bonds is 13. The minimum Gasteiger partial charge on any atom is -0.352 e. The molecule has 0 aromatic heterocycles. The van der Waals surface area contributed by atoms with Gasteiger partial charge in [-0.25, -0.2) is 12.7 Å². The number of sulfonamides is 1. The van der Waals surface area contributed by atoms with Gasteiger partial charge < -0.3 is 10.2 Å². The third-order valence-corrected chi connectivity index (χ3v) is 9.84. The molecule has 8 heteroatoms. The van der Waals surface area contributed by atoms with Crippen molar-refractivity contribution in [2.24, 2.45) is 0 Å². The van der Waals surface area contributed by atoms with Gasteiger partial charge in [0.2, 0.25) is 21.8 Å². The van der Waals surface area contributed by atoms with Crippen LogP contribution in [0.5, 0.6) is 0 Å². The molecule has 1 atom stereocenters. The van der Waals surface area contributed by atoms with Crippen LogP contribution in [-0.2, 0) is 32.6 Å². The van der Waals surface area contributed by atoms with E-state index >= 15 is 0 Å². The second kappa shape index (κ2) is 15.1. The van der Waals surface area contributed by atoms with Gasteiger partial charge in [0.15, 0.2) is 0 Å². The Kier molecular flexibility index (Phi) is 11.3. The Hall–Kier alpha value is -3.49. The van der Waals surface area contributed by atoms with Crippen LogP contribution in [0.4, 0.5) is 0 Å². The van der Waals surface area contributed by atoms with Gasteiger partial charge in [-0.15, -0.1) is 0 Å². The standard InChI is InChI=1S/C34H43N3O4S/c1-27-14-12-17-29(24-27)26-37(33(38)22-13-23-36(2)42(40,41)31-20-10-5-11-21-31)32(25-28-15-6-3-7-16-28)34(39)35-30-18-8-4-9-19-30/h3,5-7,10-12,14-17,20-21,24,30,32H,4,8-9,13,18-19,22-23,25-26H2,1-2H3,(H,35,39)/t32-/m1/s1. The summed E-state index contributed by atoms with van der Waals surface area (Å²) in [5.74, 6) is -0.294. The summed E-state index contributed by atoms with van der Waals surface area (Å²) >= 11 is 0. The van der Waals surface area contributed by atoms with E-state index in [1.165, 1.54) is 17.8 Å². The summed E-state index contributed by atoms with van der Waals surface area (Å²) in [5, 5.41) is 3.26. The second-order valence-corrected chi connectivity index (χ2v) is 13.3. The van der Waals surface area contributed by atoms with E-state index in [-0.39, 0.29) is 35.7 Å². The van der Waals surface area contributed by atoms with Gasteiger partial charge in [-0.3, -0.25) is 9.59 Å². The zero-order valence-electron chi connectivity index (χ0n) is 24.7. The van der Waals surface area contributed by atoms with Crippen molar-refractivity contribution in [3.05, 3.63) is 102 Å². The molecule has 3 aromatic carbocycles. The number of hydrogen-bond donors (Lipinski definition) is 1. The van der Waals surface area contributed by atoms with Gasteiger partial charge in [-0.1, -0.05) is 97.6 Å². The van der Waals surface area contributed by atoms with E-state index in [0.29, 0.717) is 19.4 Å². The smallest absolute Gasteiger partial charge is 0.243 e. The molecule has 0 heterocycles. The highest BCUT2D eigenvalue weighted by Gasteiger charge is 2.32. The molecule has 0 unspecified atom stereocenters. The lowest BCUT2D eigenvalue weighted by Crippen LogP contribution is -2.52. The third kappa shape index (κ3) is 8.76. The van der Waals surface area contributed by atoms with Crippen LogP contribution in [0.1, 0.15) is 61.6 Å². The monoisotopic (exact) mass is 589 g/mol. The molecule has 7 nitrogen and oxygen atoms in total. The number of hydrogen-bond acceptors (Lipinski definition) is 4. The lowest BCUT2D eigenvalue weighted by Gasteiger charge is -2.33. The summed E-state index contributed by atoms with van der Waals surface area (Å²) in [6.45, 7) is 2.50. The van der Waals surface area contributed by atoms with Crippen LogP contribution in [0.15, 0.2) is 89.8 Å². The molecule has 1 saturated carbocycles. The van der Waals surface area contributed by atoms with Crippen molar-refractivity contribution in [2.75, 3.05) is 13.6 Å². The highest BCUT2D eigenvalue weighted by molar-refractivity contribution is 7.89. The Labute approximate surface area is 251 Å². The Bertz CT molecular complexity index is 1410. The lowest BCUT2D eigenvalue weighted by atomic mass is 9.94. The van der Waals surface area contributed by atoms with Crippen LogP contribution in [0.25, 0.3) is 0 Å². The lowest BCUT2D eigenvalue weighted by molar-refractivity contribution is -0.141. The first-order chi connectivity index (χ1) is 20.2. The average molecular weight is 590 g/mol. The van der Waals surface area contributed by atoms with Crippen molar-refractivity contribution < 1.29 is 18.0 Å². The second-order valence-electron chi connectivity index (χ2n) is 11.3. The zero-order valence-corrected chi connectivity index (χ0v) is 25.6. The number of nitrogens with one attached hydrogen (secondary N) is 1. The summed E-state index contributed by atoms with van der Waals surface area (Å²) in [4.78, 5) is 29.8. The predicted molar refractivity (Wildman–Crippen MR) is 166 cm³/mol. The SMILES string of the molecule is Cc1cccc(CN(C(=O)CCCN(C)S(=O)(=O)c2ccccc2)[C@H](Cc2ccccc2)C(=O)NC2CCCCC2)c1. The fraction of sp³-hybridized carbons (Fsp3) is 0.412. The Morgan fingerprint density at radius 3 is 2.19 bits per heavy atom. The van der Waals surface area contributed by atoms with Gasteiger partial charge in [0.05, 0.1) is 4.90 Å². The molecule has 0 bridgehead atoms. The first-order valence-electron chi connectivity index (χ1n) is 14.9. The molecule has 1 aliphatic rings. The van der Waals surface area contributed by atoms with Gasteiger partial charge in [0.25, 0.3) is 0 Å². The van der Waals surface area contributed by atoms with E-state index < -0.39 is 16.1 Å². The first kappa shape index (κ1) is 31.4. The topological polar surface area (TPSA) is 86.8 Å². The van der Waals surface area contributed by atoms with Crippen LogP contribution < -0.4 is 5.32 Å². The highest BCUT2D eigenvalue weighted by Crippen LogP contribution is 2.21. The third-order valence-electron chi connectivity index (χ3n) is 7.97. The number of carbonyl (C=O) groups is 2. The van der Waals surface area contributed by atoms with E-state index in [9.17, 15) is 18.0 Å². The minimum atomic E-state index is -3.65. The molecule has 1 N–H and O–H groups in total. The van der Waals surface area contributed by atoms with Crippen LogP contribution in [0, 0.1) is 6.92 Å². The molecule has 3 aromatic rings. The maximum atomic E-state index is 13.9. The summed E-state index contributed by atoms with van der Waals surface area (Å²) in [6.07, 6.45) is 6.16. The molecule has 0 saturated heterocycles. The molecule has 0 aliphatic heterocycles. The van der Waals surface area contributed by atoms with Crippen molar-refractivity contribution in [2.45, 2.75) is 81.8 Å². The number of amides is 2. The van der Waals surface area contributed by atoms with Crippen molar-refractivity contribution >= 4 is 21.8 Å². The van der Waals surface area contributed by atoms with Crippen molar-refractivity contribution in [3.8, 4) is 0 Å². The Balaban J connectivity index is 1.54. The van der Waals surface area contributed by atoms with E-state index in [1.54, 1.807) is 35.2 Å². The van der Waals surface area contributed by atoms with Gasteiger partial charge in [-0.05, 0) is 49.4 Å². The quantitative estimate of drug-likeness (QED) is 0.286. The summed E-state index contributed by atoms with van der Waals surface area (Å²) in [5.41, 5.74) is 3.02. The first-order valence-corrected chi connectivity index (χ1v) is 16.4. The van der Waals surface area contributed by atoms with Gasteiger partial charge >= 0.3 is 0 Å². The minimum absolute atomic E-state index is 0.122. The number of benzene rings is 3. The molecule has 0 radical (unpaired) electrons. The zero-order chi connectivity index (χ0) is 30.0. The molecule has 4 rings (SSSR count). The fourth-order valence-electron chi connectivity index (χ4n) is 5.59. The largest absolute Gasteiger partial charge is 0.352 e. The van der Waals surface area contributed by atoms with Crippen LogP contribution >= 0.6 is 0 Å². The van der Waals surface area contributed by atoms with E-state index in [1.807, 2.05) is 61.5 Å². The van der Waals surface area contributed by atoms with E-state index in [0.717, 1.165) is 42.4 Å². The molecular weight excluding hydrogens is 546 g/mol. The van der Waals surface area contributed by atoms with Crippen molar-refractivity contribution in [1.82, 2.24) is 14.5 Å². The molecular formula is C34H43N3O4S.